The van der Waals surface area contributed by atoms with Crippen molar-refractivity contribution in [2.75, 3.05) is 13.1 Å². The molecule has 2 atom stereocenters. The van der Waals surface area contributed by atoms with Crippen molar-refractivity contribution in [2.24, 2.45) is 0 Å². The van der Waals surface area contributed by atoms with Gasteiger partial charge in [0.25, 0.3) is 5.91 Å². The smallest absolute Gasteiger partial charge is 0.444 e. The van der Waals surface area contributed by atoms with E-state index >= 15 is 0 Å². The predicted molar refractivity (Wildman–Crippen MR) is 125 cm³/mol. The monoisotopic (exact) mass is 514 g/mol. The van der Waals surface area contributed by atoms with E-state index in [-0.39, 0.29) is 29.3 Å². The number of halogens is 3. The van der Waals surface area contributed by atoms with Crippen molar-refractivity contribution in [1.29, 1.82) is 0 Å². The first kappa shape index (κ1) is 24.8. The van der Waals surface area contributed by atoms with E-state index in [9.17, 15) is 22.8 Å². The Kier molecular flexibility index (Phi) is 5.96. The highest BCUT2D eigenvalue weighted by atomic mass is 19.4. The van der Waals surface area contributed by atoms with Crippen LogP contribution in [0.5, 0.6) is 0 Å². The number of aromatic nitrogens is 2. The molecule has 11 heteroatoms. The number of hydrogen-bond donors (Lipinski definition) is 0. The maximum Gasteiger partial charge on any atom is 0.471 e. The molecule has 37 heavy (non-hydrogen) atoms. The average Bonchev–Trinajstić information content (AvgIpc) is 3.56. The minimum atomic E-state index is -4.76. The zero-order valence-electron chi connectivity index (χ0n) is 20.5. The van der Waals surface area contributed by atoms with Gasteiger partial charge >= 0.3 is 18.2 Å². The molecule has 0 saturated carbocycles. The van der Waals surface area contributed by atoms with Crippen LogP contribution < -0.4 is 0 Å². The molecule has 0 spiro atoms. The van der Waals surface area contributed by atoms with Gasteiger partial charge in [0.15, 0.2) is 0 Å². The molecule has 1 fully saturated rings. The molecule has 3 aromatic rings. The van der Waals surface area contributed by atoms with Crippen molar-refractivity contribution in [1.82, 2.24) is 19.9 Å². The van der Waals surface area contributed by atoms with Crippen molar-refractivity contribution in [3.8, 4) is 11.4 Å². The normalized spacial score (nSPS) is 19.9. The van der Waals surface area contributed by atoms with Gasteiger partial charge in [-0.15, -0.1) is 0 Å². The molecular formula is C26H25F3N4O4. The molecule has 2 aliphatic heterocycles. The molecule has 2 aliphatic rings. The van der Waals surface area contributed by atoms with Crippen LogP contribution in [0.1, 0.15) is 54.1 Å². The van der Waals surface area contributed by atoms with Gasteiger partial charge in [-0.3, -0.25) is 4.79 Å². The zero-order valence-corrected chi connectivity index (χ0v) is 20.5. The summed E-state index contributed by atoms with van der Waals surface area (Å²) in [5.41, 5.74) is 1.67. The molecule has 5 rings (SSSR count). The highest BCUT2D eigenvalue weighted by molar-refractivity contribution is 5.99. The molecule has 8 nitrogen and oxygen atoms in total. The summed E-state index contributed by atoms with van der Waals surface area (Å²) in [6.45, 7) is 6.38. The van der Waals surface area contributed by atoms with Crippen LogP contribution in [-0.4, -0.2) is 56.7 Å². The maximum atomic E-state index is 13.6. The average molecular weight is 515 g/mol. The number of fused-ring (bicyclic) bond motifs is 1. The van der Waals surface area contributed by atoms with E-state index in [1.807, 2.05) is 30.3 Å². The van der Waals surface area contributed by atoms with E-state index in [0.29, 0.717) is 25.2 Å². The van der Waals surface area contributed by atoms with Gasteiger partial charge in [0.05, 0.1) is 6.04 Å². The zero-order chi connectivity index (χ0) is 26.5. The van der Waals surface area contributed by atoms with Crippen LogP contribution in [0.25, 0.3) is 11.4 Å². The van der Waals surface area contributed by atoms with Gasteiger partial charge in [0, 0.05) is 36.7 Å². The number of carbonyl (C=O) groups is 2. The van der Waals surface area contributed by atoms with Crippen molar-refractivity contribution >= 4 is 12.0 Å². The number of ether oxygens (including phenoxy) is 1. The second kappa shape index (κ2) is 8.89. The number of amides is 2. The fourth-order valence-electron chi connectivity index (χ4n) is 4.79. The summed E-state index contributed by atoms with van der Waals surface area (Å²) in [6, 6.07) is 14.1. The van der Waals surface area contributed by atoms with Crippen molar-refractivity contribution in [3.63, 3.8) is 0 Å². The molecule has 2 amide bonds. The third-order valence-electron chi connectivity index (χ3n) is 6.44. The molecule has 0 radical (unpaired) electrons. The molecule has 2 aromatic carbocycles. The van der Waals surface area contributed by atoms with E-state index < -0.39 is 23.8 Å². The lowest BCUT2D eigenvalue weighted by atomic mass is 9.93. The Bertz CT molecular complexity index is 1330. The number of nitrogens with zero attached hydrogens (tertiary/aromatic N) is 4. The Hall–Kier alpha value is -3.89. The number of hydrogen-bond acceptors (Lipinski definition) is 6. The Morgan fingerprint density at radius 1 is 1.08 bits per heavy atom. The summed E-state index contributed by atoms with van der Waals surface area (Å²) in [6.07, 6.45) is -5.20. The molecule has 0 bridgehead atoms. The van der Waals surface area contributed by atoms with E-state index in [0.717, 1.165) is 11.1 Å². The minimum Gasteiger partial charge on any atom is -0.444 e. The summed E-state index contributed by atoms with van der Waals surface area (Å²) in [5, 5.41) is 3.42. The molecular weight excluding hydrogens is 489 g/mol. The number of alkyl halides is 3. The topological polar surface area (TPSA) is 88.8 Å². The number of carbonyl (C=O) groups excluding carboxylic acids is 2. The van der Waals surface area contributed by atoms with Gasteiger partial charge in [-0.25, -0.2) is 4.79 Å². The highest BCUT2D eigenvalue weighted by Gasteiger charge is 2.45. The van der Waals surface area contributed by atoms with Crippen LogP contribution in [0.3, 0.4) is 0 Å². The van der Waals surface area contributed by atoms with Gasteiger partial charge in [0.1, 0.15) is 5.60 Å². The molecule has 0 N–H and O–H groups in total. The first-order chi connectivity index (χ1) is 17.4. The SMILES string of the molecule is CC(C)(C)OC(=O)N1C[C@@H](N2Cc3ccc(-c4noc(C(F)(F)F)n4)cc3C2=O)[C@H](c2ccccc2)C1. The Morgan fingerprint density at radius 2 is 1.81 bits per heavy atom. The Morgan fingerprint density at radius 3 is 2.46 bits per heavy atom. The first-order valence-electron chi connectivity index (χ1n) is 11.8. The van der Waals surface area contributed by atoms with E-state index in [2.05, 4.69) is 14.7 Å². The van der Waals surface area contributed by atoms with E-state index in [4.69, 9.17) is 4.74 Å². The van der Waals surface area contributed by atoms with Crippen LogP contribution in [-0.2, 0) is 17.5 Å². The summed E-state index contributed by atoms with van der Waals surface area (Å²) in [4.78, 5) is 33.2. The minimum absolute atomic E-state index is 0.141. The second-order valence-electron chi connectivity index (χ2n) is 10.2. The summed E-state index contributed by atoms with van der Waals surface area (Å²) < 4.78 is 48.6. The summed E-state index contributed by atoms with van der Waals surface area (Å²) >= 11 is 0. The van der Waals surface area contributed by atoms with Gasteiger partial charge in [0.2, 0.25) is 5.82 Å². The number of benzene rings is 2. The molecule has 1 saturated heterocycles. The summed E-state index contributed by atoms with van der Waals surface area (Å²) in [7, 11) is 0. The van der Waals surface area contributed by atoms with E-state index in [1.54, 1.807) is 42.7 Å². The van der Waals surface area contributed by atoms with Crippen LogP contribution in [0.15, 0.2) is 53.1 Å². The van der Waals surface area contributed by atoms with E-state index in [1.165, 1.54) is 6.07 Å². The Labute approximate surface area is 211 Å². The lowest BCUT2D eigenvalue weighted by Crippen LogP contribution is -2.41. The van der Waals surface area contributed by atoms with Crippen LogP contribution in [0.4, 0.5) is 18.0 Å². The second-order valence-corrected chi connectivity index (χ2v) is 10.2. The van der Waals surface area contributed by atoms with Crippen molar-refractivity contribution in [2.45, 2.75) is 51.1 Å². The van der Waals surface area contributed by atoms with Crippen LogP contribution in [0.2, 0.25) is 0 Å². The van der Waals surface area contributed by atoms with Gasteiger partial charge in [-0.05, 0) is 38.0 Å². The maximum absolute atomic E-state index is 13.6. The molecule has 194 valence electrons. The van der Waals surface area contributed by atoms with Crippen molar-refractivity contribution < 1.29 is 32.0 Å². The number of likely N-dealkylation sites (tertiary alicyclic amines) is 1. The van der Waals surface area contributed by atoms with Gasteiger partial charge in [-0.1, -0.05) is 47.6 Å². The highest BCUT2D eigenvalue weighted by Crippen LogP contribution is 2.38. The quantitative estimate of drug-likeness (QED) is 0.483. The lowest BCUT2D eigenvalue weighted by molar-refractivity contribution is -0.159. The van der Waals surface area contributed by atoms with Gasteiger partial charge in [-0.2, -0.15) is 18.2 Å². The lowest BCUT2D eigenvalue weighted by Gasteiger charge is -2.29. The van der Waals surface area contributed by atoms with Crippen LogP contribution in [0, 0.1) is 0 Å². The van der Waals surface area contributed by atoms with Gasteiger partial charge < -0.3 is 19.1 Å². The standard InChI is InChI=1S/C26H25F3N4O4/c1-25(2,3)36-24(35)32-13-19(15-7-5-4-6-8-15)20(14-32)33-12-17-10-9-16(11-18(17)22(33)34)21-30-23(37-31-21)26(27,28)29/h4-11,19-20H,12-14H2,1-3H3/t19-,20+/m0/s1. The molecule has 1 aromatic heterocycles. The van der Waals surface area contributed by atoms with Crippen LogP contribution >= 0.6 is 0 Å². The largest absolute Gasteiger partial charge is 0.471 e. The fourth-order valence-corrected chi connectivity index (χ4v) is 4.79. The number of rotatable bonds is 3. The first-order valence-corrected chi connectivity index (χ1v) is 11.8. The summed E-state index contributed by atoms with van der Waals surface area (Å²) in [5.74, 6) is -2.11. The molecule has 0 aliphatic carbocycles. The third-order valence-corrected chi connectivity index (χ3v) is 6.44. The fraction of sp³-hybridized carbons (Fsp3) is 0.385. The Balaban J connectivity index is 1.42. The van der Waals surface area contributed by atoms with Crippen molar-refractivity contribution in [3.05, 3.63) is 71.1 Å². The molecule has 3 heterocycles. The third kappa shape index (κ3) is 4.90. The molecule has 0 unspecified atom stereocenters. The predicted octanol–water partition coefficient (Wildman–Crippen LogP) is 5.11.